The fourth-order valence-corrected chi connectivity index (χ4v) is 13.1. The minimum atomic E-state index is -0.231. The first-order valence-electron chi connectivity index (χ1n) is 29.3. The number of imidazole rings is 1. The first-order chi connectivity index (χ1) is 41.0. The molecule has 0 atom stereocenters. The van der Waals surface area contributed by atoms with Crippen LogP contribution in [0.1, 0.15) is 79.0 Å². The summed E-state index contributed by atoms with van der Waals surface area (Å²) in [6.45, 7) is 20.4. The van der Waals surface area contributed by atoms with Crippen LogP contribution >= 0.6 is 0 Å². The van der Waals surface area contributed by atoms with Gasteiger partial charge in [0.05, 0.1) is 5.69 Å². The molecule has 0 saturated carbocycles. The van der Waals surface area contributed by atoms with Crippen LogP contribution in [0.2, 0.25) is 0 Å². The molecule has 85 heavy (non-hydrogen) atoms. The van der Waals surface area contributed by atoms with Crippen LogP contribution in [0.3, 0.4) is 0 Å². The second-order valence-corrected chi connectivity index (χ2v) is 26.3. The third kappa shape index (κ3) is 10.4. The van der Waals surface area contributed by atoms with Crippen LogP contribution in [-0.4, -0.2) is 14.1 Å². The van der Waals surface area contributed by atoms with E-state index in [9.17, 15) is 0 Å². The second kappa shape index (κ2) is 21.8. The van der Waals surface area contributed by atoms with Gasteiger partial charge in [-0.25, -0.2) is 0 Å². The molecule has 0 amide bonds. The number of aromatic nitrogens is 3. The van der Waals surface area contributed by atoms with E-state index in [1.54, 1.807) is 0 Å². The van der Waals surface area contributed by atoms with Crippen molar-refractivity contribution in [2.75, 3.05) is 9.80 Å². The Kier molecular flexibility index (Phi) is 14.2. The standard InChI is InChI=1S/C78H69N5O.Pt/c1-76(2,3)55-39-41-58(42-40-55)82-68-34-19-16-29-64(68)65-30-18-21-36-70(65)83(74-49-56(45-46-79-74)77(4,5)6)73-51-60(43-44-67(73)66-31-17-20-35-69(66)82)84-61-48-57(78(7,8)9)47-59(50-61)80-52-81(72-38-23-22-37-71(72)80)75-62(53-25-12-10-13-26-53)32-24-33-63(75)54-27-14-11-15-28-54;/h10-51H,1-9H3;. The molecule has 422 valence electrons. The Balaban J connectivity index is 1.03. The molecule has 0 fully saturated rings. The Labute approximate surface area is 511 Å². The Morgan fingerprint density at radius 2 is 0.824 bits per heavy atom. The van der Waals surface area contributed by atoms with Gasteiger partial charge >= 0.3 is 332 Å². The second-order valence-electron chi connectivity index (χ2n) is 25.3. The normalized spacial score (nSPS) is 12.6. The predicted molar refractivity (Wildman–Crippen MR) is 351 cm³/mol. The van der Waals surface area contributed by atoms with Gasteiger partial charge in [-0.2, -0.15) is 0 Å². The molecule has 6 nitrogen and oxygen atoms in total. The number of hydrogen-bond acceptors (Lipinski definition) is 4. The molecule has 13 rings (SSSR count). The van der Waals surface area contributed by atoms with E-state index in [1.165, 1.54) is 11.1 Å². The molecule has 0 aliphatic carbocycles. The number of hydrogen-bond donors (Lipinski definition) is 0. The van der Waals surface area contributed by atoms with Crippen molar-refractivity contribution < 1.29 is 24.1 Å². The van der Waals surface area contributed by atoms with Crippen LogP contribution in [-0.2, 0) is 35.6 Å². The van der Waals surface area contributed by atoms with E-state index in [2.05, 4.69) is 349 Å². The number of benzene rings is 10. The third-order valence-corrected chi connectivity index (χ3v) is 17.5. The summed E-state index contributed by atoms with van der Waals surface area (Å²) in [4.78, 5) is 10.1. The monoisotopic (exact) mass is 1290 g/mol. The van der Waals surface area contributed by atoms with Crippen LogP contribution in [0.25, 0.3) is 66.9 Å². The summed E-state index contributed by atoms with van der Waals surface area (Å²) in [5, 5.41) is 0. The summed E-state index contributed by atoms with van der Waals surface area (Å²) < 4.78 is 13.3. The van der Waals surface area contributed by atoms with Gasteiger partial charge < -0.3 is 4.90 Å². The first-order valence-corrected chi connectivity index (χ1v) is 30.5. The van der Waals surface area contributed by atoms with Crippen molar-refractivity contribution in [3.63, 3.8) is 0 Å². The Hall–Kier alpha value is -9.09. The topological polar surface area (TPSA) is 38.5 Å². The molecule has 10 aromatic carbocycles. The third-order valence-electron chi connectivity index (χ3n) is 16.4. The van der Waals surface area contributed by atoms with Gasteiger partial charge in [-0.1, -0.05) is 102 Å². The van der Waals surface area contributed by atoms with E-state index in [0.717, 1.165) is 116 Å². The summed E-state index contributed by atoms with van der Waals surface area (Å²) in [7, 11) is 0. The molecule has 0 saturated heterocycles. The number of nitrogens with zero attached hydrogens (tertiary/aromatic N) is 5. The van der Waals surface area contributed by atoms with Gasteiger partial charge in [0.2, 0.25) is 0 Å². The molecule has 3 heterocycles. The number of ether oxygens (including phenoxy) is 1. The molecular weight excluding hydrogens is 1220 g/mol. The van der Waals surface area contributed by atoms with E-state index in [0.29, 0.717) is 5.75 Å². The van der Waals surface area contributed by atoms with Crippen molar-refractivity contribution in [3.8, 4) is 67.4 Å². The van der Waals surface area contributed by atoms with Crippen LogP contribution in [0.4, 0.5) is 34.3 Å². The summed E-state index contributed by atoms with van der Waals surface area (Å²) >= 11 is 2.55. The Morgan fingerprint density at radius 3 is 1.38 bits per heavy atom. The zero-order chi connectivity index (χ0) is 58.8. The predicted octanol–water partition coefficient (Wildman–Crippen LogP) is 21.5. The number of pyridine rings is 1. The minimum Gasteiger partial charge on any atom is -0.0615 e. The number of anilines is 6. The van der Waals surface area contributed by atoms with Crippen LogP contribution in [0.15, 0.2) is 255 Å². The van der Waals surface area contributed by atoms with Crippen LogP contribution in [0.5, 0.6) is 11.5 Å². The van der Waals surface area contributed by atoms with E-state index in [-0.39, 0.29) is 16.2 Å². The molecule has 12 aromatic rings. The molecule has 7 heteroatoms. The quantitative estimate of drug-likeness (QED) is 0.152. The van der Waals surface area contributed by atoms with Gasteiger partial charge in [0.25, 0.3) is 0 Å². The molecular formula is C78H69N5OPt. The molecule has 0 spiro atoms. The van der Waals surface area contributed by atoms with Crippen LogP contribution in [0, 0.1) is 3.80 Å². The van der Waals surface area contributed by atoms with Crippen molar-refractivity contribution in [2.24, 2.45) is 0 Å². The smallest absolute Gasteiger partial charge is 0.0615 e. The molecule has 0 unspecified atom stereocenters. The van der Waals surface area contributed by atoms with E-state index < -0.39 is 0 Å². The number of para-hydroxylation sites is 6. The molecule has 2 aromatic heterocycles. The van der Waals surface area contributed by atoms with Gasteiger partial charge in [-0.05, 0) is 52.3 Å². The average molecular weight is 1290 g/mol. The van der Waals surface area contributed by atoms with Gasteiger partial charge in [-0.3, -0.25) is 0 Å². The van der Waals surface area contributed by atoms with E-state index in [4.69, 9.17) is 9.72 Å². The van der Waals surface area contributed by atoms with E-state index in [1.807, 2.05) is 6.20 Å². The molecule has 0 bridgehead atoms. The maximum absolute atomic E-state index is 7.41. The molecule has 1 aliphatic heterocycles. The minimum absolute atomic E-state index is 0.00422. The van der Waals surface area contributed by atoms with E-state index >= 15 is 0 Å². The zero-order valence-corrected chi connectivity index (χ0v) is 52.0. The van der Waals surface area contributed by atoms with Crippen LogP contribution < -0.4 is 14.5 Å². The molecule has 0 N–H and O–H groups in total. The van der Waals surface area contributed by atoms with Gasteiger partial charge in [0.15, 0.2) is 0 Å². The van der Waals surface area contributed by atoms with Gasteiger partial charge in [-0.15, -0.1) is 0 Å². The molecule has 1 aliphatic rings. The summed E-state index contributed by atoms with van der Waals surface area (Å²) in [5.74, 6) is 2.24. The Morgan fingerprint density at radius 1 is 0.341 bits per heavy atom. The molecule has 0 radical (unpaired) electrons. The zero-order valence-electron chi connectivity index (χ0n) is 49.7. The van der Waals surface area contributed by atoms with Crippen molar-refractivity contribution in [1.82, 2.24) is 14.1 Å². The fraction of sp³-hybridized carbons (Fsp3) is 0.154. The average Bonchev–Trinajstić information content (AvgIpc) is 2.39. The fourth-order valence-electron chi connectivity index (χ4n) is 12.0. The summed E-state index contributed by atoms with van der Waals surface area (Å²) in [6, 6.07) is 90.3. The summed E-state index contributed by atoms with van der Waals surface area (Å²) in [5.41, 5.74) is 21.6. The van der Waals surface area contributed by atoms with Gasteiger partial charge in [0.1, 0.15) is 0 Å². The first kappa shape index (κ1) is 55.1. The van der Waals surface area contributed by atoms with Crippen molar-refractivity contribution in [2.45, 2.75) is 78.6 Å². The summed E-state index contributed by atoms with van der Waals surface area (Å²) in [6.07, 6.45) is 1.96. The van der Waals surface area contributed by atoms with Crippen molar-refractivity contribution in [3.05, 3.63) is 275 Å². The maximum atomic E-state index is 7.41. The number of fused-ring (bicyclic) bond motifs is 7. The SMILES string of the molecule is CC(C)(C)c1ccc(N2c3ccccc3-c3ccccc3N(c3cc(C(C)(C)C)ccn3)c3cc(Oc4cc(-n5[c](=[Pt])n(-c6c(-c7ccccc7)cccc6-c6ccccc6)c6ccccc65)cc(C(C)(C)C)c4)ccc3-c3ccccc32)cc1. The van der Waals surface area contributed by atoms with Gasteiger partial charge in [0, 0.05) is 17.4 Å². The Bertz CT molecular complexity index is 4480. The number of rotatable bonds is 8. The van der Waals surface area contributed by atoms with Crippen molar-refractivity contribution >= 4 is 45.3 Å². The van der Waals surface area contributed by atoms with Crippen molar-refractivity contribution in [1.29, 1.82) is 0 Å².